The summed E-state index contributed by atoms with van der Waals surface area (Å²) in [6.45, 7) is 3.45. The number of hydrogen-bond donors (Lipinski definition) is 1. The number of rotatable bonds is 5. The number of carbonyl (C=O) groups is 1. The number of nitrogens with one attached hydrogen (secondary N) is 1. The van der Waals surface area contributed by atoms with Gasteiger partial charge < -0.3 is 5.32 Å². The highest BCUT2D eigenvalue weighted by molar-refractivity contribution is 8.00. The Bertz CT molecular complexity index is 1030. The minimum Gasteiger partial charge on any atom is -0.319 e. The van der Waals surface area contributed by atoms with Crippen molar-refractivity contribution in [3.05, 3.63) is 76.5 Å². The average molecular weight is 385 g/mol. The first kappa shape index (κ1) is 19.0. The molecule has 1 heterocycles. The first-order chi connectivity index (χ1) is 12.9. The van der Waals surface area contributed by atoms with E-state index in [1.807, 2.05) is 30.3 Å². The fourth-order valence-electron chi connectivity index (χ4n) is 2.72. The molecule has 1 atom stereocenters. The third-order valence-electron chi connectivity index (χ3n) is 4.31. The number of hydrogen-bond acceptors (Lipinski definition) is 3. The molecule has 0 aliphatic carbocycles. The molecule has 0 spiro atoms. The fraction of sp³-hybridized carbons (Fsp3) is 0.200. The summed E-state index contributed by atoms with van der Waals surface area (Å²) >= 11 is 1.11. The zero-order valence-corrected chi connectivity index (χ0v) is 16.1. The summed E-state index contributed by atoms with van der Waals surface area (Å²) in [4.78, 5) is 25.8. The van der Waals surface area contributed by atoms with E-state index < -0.39 is 5.25 Å². The molecule has 2 aromatic carbocycles. The number of nitrogens with zero attached hydrogens (tertiary/aromatic N) is 2. The van der Waals surface area contributed by atoms with Gasteiger partial charge in [0.25, 0.3) is 5.56 Å². The highest BCUT2D eigenvalue weighted by Crippen LogP contribution is 2.26. The number of aromatic nitrogens is 2. The number of anilines is 1. The predicted molar refractivity (Wildman–Crippen MR) is 106 cm³/mol. The Balaban J connectivity index is 1.84. The van der Waals surface area contributed by atoms with Crippen LogP contribution in [-0.4, -0.2) is 20.5 Å². The Kier molecular flexibility index (Phi) is 5.51. The summed E-state index contributed by atoms with van der Waals surface area (Å²) in [7, 11) is 1.76. The topological polar surface area (TPSA) is 56.0 Å². The van der Waals surface area contributed by atoms with E-state index in [0.29, 0.717) is 16.3 Å². The zero-order valence-electron chi connectivity index (χ0n) is 15.3. The molecule has 140 valence electrons. The first-order valence-corrected chi connectivity index (χ1v) is 9.34. The van der Waals surface area contributed by atoms with Gasteiger partial charge in [0.2, 0.25) is 5.91 Å². The quantitative estimate of drug-likeness (QED) is 0.681. The Morgan fingerprint density at radius 2 is 1.74 bits per heavy atom. The molecule has 3 aromatic rings. The highest BCUT2D eigenvalue weighted by atomic mass is 32.2. The van der Waals surface area contributed by atoms with E-state index >= 15 is 0 Å². The molecular formula is C20H20FN3O2S. The summed E-state index contributed by atoms with van der Waals surface area (Å²) < 4.78 is 17.0. The van der Waals surface area contributed by atoms with E-state index in [9.17, 15) is 14.0 Å². The van der Waals surface area contributed by atoms with Crippen molar-refractivity contribution in [1.82, 2.24) is 9.36 Å². The fourth-order valence-corrected chi connectivity index (χ4v) is 3.61. The summed E-state index contributed by atoms with van der Waals surface area (Å²) in [5.74, 6) is -0.723. The van der Waals surface area contributed by atoms with Crippen molar-refractivity contribution >= 4 is 23.4 Å². The lowest BCUT2D eigenvalue weighted by Crippen LogP contribution is -2.27. The third-order valence-corrected chi connectivity index (χ3v) is 5.46. The SMILES string of the molecule is Cc1c(NC(=O)[C@@H](C)Sc2ccccc2F)c(=O)n(-c2ccccc2)n1C. The molecule has 0 aliphatic rings. The van der Waals surface area contributed by atoms with Crippen molar-refractivity contribution in [2.75, 3.05) is 5.32 Å². The van der Waals surface area contributed by atoms with Crippen LogP contribution in [-0.2, 0) is 11.8 Å². The maximum atomic E-state index is 13.8. The van der Waals surface area contributed by atoms with Gasteiger partial charge in [-0.05, 0) is 38.1 Å². The largest absolute Gasteiger partial charge is 0.319 e. The summed E-state index contributed by atoms with van der Waals surface area (Å²) in [6, 6.07) is 15.5. The van der Waals surface area contributed by atoms with Crippen molar-refractivity contribution in [3.8, 4) is 5.69 Å². The van der Waals surface area contributed by atoms with Gasteiger partial charge in [-0.25, -0.2) is 9.07 Å². The second kappa shape index (κ2) is 7.84. The van der Waals surface area contributed by atoms with Crippen molar-refractivity contribution in [2.24, 2.45) is 7.05 Å². The van der Waals surface area contributed by atoms with Crippen LogP contribution >= 0.6 is 11.8 Å². The van der Waals surface area contributed by atoms with Crippen LogP contribution in [0.1, 0.15) is 12.6 Å². The van der Waals surface area contributed by atoms with Crippen LogP contribution in [0, 0.1) is 12.7 Å². The molecule has 0 radical (unpaired) electrons. The van der Waals surface area contributed by atoms with Gasteiger partial charge in [0.1, 0.15) is 11.5 Å². The smallest absolute Gasteiger partial charge is 0.295 e. The minimum absolute atomic E-state index is 0.229. The molecule has 0 saturated carbocycles. The standard InChI is InChI=1S/C20H20FN3O2S/c1-13-18(20(26)24(23(13)3)15-9-5-4-6-10-15)22-19(25)14(2)27-17-12-8-7-11-16(17)21/h4-12,14H,1-3H3,(H,22,25)/t14-/m1/s1. The van der Waals surface area contributed by atoms with E-state index in [1.54, 1.807) is 43.8 Å². The predicted octanol–water partition coefficient (Wildman–Crippen LogP) is 3.74. The van der Waals surface area contributed by atoms with Gasteiger partial charge in [-0.3, -0.25) is 14.3 Å². The molecule has 0 aliphatic heterocycles. The van der Waals surface area contributed by atoms with Crippen LogP contribution < -0.4 is 10.9 Å². The third kappa shape index (κ3) is 3.83. The van der Waals surface area contributed by atoms with E-state index in [-0.39, 0.29) is 23.0 Å². The van der Waals surface area contributed by atoms with Crippen molar-refractivity contribution < 1.29 is 9.18 Å². The number of para-hydroxylation sites is 1. The van der Waals surface area contributed by atoms with Crippen LogP contribution in [0.4, 0.5) is 10.1 Å². The Morgan fingerprint density at radius 3 is 2.41 bits per heavy atom. The van der Waals surface area contributed by atoms with Gasteiger partial charge in [0.15, 0.2) is 0 Å². The maximum absolute atomic E-state index is 13.8. The lowest BCUT2D eigenvalue weighted by molar-refractivity contribution is -0.115. The molecule has 1 N–H and O–H groups in total. The number of benzene rings is 2. The van der Waals surface area contributed by atoms with E-state index in [2.05, 4.69) is 5.32 Å². The molecule has 5 nitrogen and oxygen atoms in total. The van der Waals surface area contributed by atoms with Gasteiger partial charge in [-0.15, -0.1) is 11.8 Å². The van der Waals surface area contributed by atoms with Crippen LogP contribution in [0.5, 0.6) is 0 Å². The van der Waals surface area contributed by atoms with Crippen LogP contribution in [0.2, 0.25) is 0 Å². The number of thioether (sulfide) groups is 1. The van der Waals surface area contributed by atoms with Gasteiger partial charge in [-0.1, -0.05) is 30.3 Å². The zero-order chi connectivity index (χ0) is 19.6. The Morgan fingerprint density at radius 1 is 1.11 bits per heavy atom. The van der Waals surface area contributed by atoms with Crippen LogP contribution in [0.25, 0.3) is 5.69 Å². The molecule has 0 fully saturated rings. The molecule has 27 heavy (non-hydrogen) atoms. The normalized spacial score (nSPS) is 12.0. The summed E-state index contributed by atoms with van der Waals surface area (Å²) in [6.07, 6.45) is 0. The minimum atomic E-state index is -0.564. The van der Waals surface area contributed by atoms with Crippen molar-refractivity contribution in [1.29, 1.82) is 0 Å². The van der Waals surface area contributed by atoms with Crippen LogP contribution in [0.3, 0.4) is 0 Å². The first-order valence-electron chi connectivity index (χ1n) is 8.46. The molecule has 3 rings (SSSR count). The lowest BCUT2D eigenvalue weighted by Gasteiger charge is -2.11. The molecule has 0 bridgehead atoms. The second-order valence-electron chi connectivity index (χ2n) is 6.12. The molecule has 1 amide bonds. The van der Waals surface area contributed by atoms with Crippen molar-refractivity contribution in [2.45, 2.75) is 24.0 Å². The maximum Gasteiger partial charge on any atom is 0.295 e. The van der Waals surface area contributed by atoms with E-state index in [0.717, 1.165) is 11.8 Å². The van der Waals surface area contributed by atoms with E-state index in [1.165, 1.54) is 10.7 Å². The second-order valence-corrected chi connectivity index (χ2v) is 7.50. The lowest BCUT2D eigenvalue weighted by atomic mass is 10.3. The monoisotopic (exact) mass is 385 g/mol. The van der Waals surface area contributed by atoms with Gasteiger partial charge in [-0.2, -0.15) is 0 Å². The molecule has 7 heteroatoms. The summed E-state index contributed by atoms with van der Waals surface area (Å²) in [5, 5.41) is 2.15. The number of amides is 1. The van der Waals surface area contributed by atoms with Gasteiger partial charge in [0.05, 0.1) is 16.6 Å². The molecule has 0 unspecified atom stereocenters. The average Bonchev–Trinajstić information content (AvgIpc) is 2.87. The Labute approximate surface area is 160 Å². The van der Waals surface area contributed by atoms with Gasteiger partial charge >= 0.3 is 0 Å². The highest BCUT2D eigenvalue weighted by Gasteiger charge is 2.22. The number of halogens is 1. The molecule has 1 aromatic heterocycles. The van der Waals surface area contributed by atoms with E-state index in [4.69, 9.17) is 0 Å². The Hall–Kier alpha value is -2.80. The summed E-state index contributed by atoms with van der Waals surface area (Å²) in [5.41, 5.74) is 1.27. The molecule has 0 saturated heterocycles. The van der Waals surface area contributed by atoms with Crippen LogP contribution in [0.15, 0.2) is 64.3 Å². The number of carbonyl (C=O) groups excluding carboxylic acids is 1. The molecular weight excluding hydrogens is 365 g/mol. The van der Waals surface area contributed by atoms with Crippen molar-refractivity contribution in [3.63, 3.8) is 0 Å². The van der Waals surface area contributed by atoms with Gasteiger partial charge in [0, 0.05) is 11.9 Å².